The van der Waals surface area contributed by atoms with Crippen LogP contribution in [0.4, 0.5) is 11.4 Å². The summed E-state index contributed by atoms with van der Waals surface area (Å²) in [5.41, 5.74) is 2.15. The lowest BCUT2D eigenvalue weighted by molar-refractivity contribution is -0.114. The number of carbonyl (C=O) groups excluding carboxylic acids is 3. The third-order valence-electron chi connectivity index (χ3n) is 5.70. The van der Waals surface area contributed by atoms with Gasteiger partial charge in [0.05, 0.1) is 23.1 Å². The Morgan fingerprint density at radius 2 is 1.62 bits per heavy atom. The number of ether oxygens (including phenoxy) is 1. The molecule has 4 rings (SSSR count). The molecular formula is C32H27Cl2N3O4S. The maximum atomic E-state index is 13.4. The summed E-state index contributed by atoms with van der Waals surface area (Å²) in [6, 6.07) is 27.7. The van der Waals surface area contributed by atoms with Crippen LogP contribution in [0, 0.1) is 0 Å². The third kappa shape index (κ3) is 9.14. The summed E-state index contributed by atoms with van der Waals surface area (Å²) >= 11 is 13.3. The van der Waals surface area contributed by atoms with Gasteiger partial charge in [-0.15, -0.1) is 11.8 Å². The first kappa shape index (κ1) is 30.7. The molecule has 4 aromatic carbocycles. The molecule has 0 aliphatic heterocycles. The van der Waals surface area contributed by atoms with Gasteiger partial charge in [0.2, 0.25) is 5.91 Å². The fraction of sp³-hybridized carbons (Fsp3) is 0.0938. The van der Waals surface area contributed by atoms with E-state index in [1.165, 1.54) is 11.8 Å². The van der Waals surface area contributed by atoms with Crippen molar-refractivity contribution in [3.8, 4) is 5.75 Å². The van der Waals surface area contributed by atoms with Gasteiger partial charge in [-0.05, 0) is 79.2 Å². The largest absolute Gasteiger partial charge is 0.494 e. The van der Waals surface area contributed by atoms with E-state index < -0.39 is 11.8 Å². The lowest BCUT2D eigenvalue weighted by atomic mass is 10.1. The predicted octanol–water partition coefficient (Wildman–Crippen LogP) is 7.53. The molecule has 0 saturated heterocycles. The van der Waals surface area contributed by atoms with Crippen molar-refractivity contribution in [3.63, 3.8) is 0 Å². The van der Waals surface area contributed by atoms with E-state index in [4.69, 9.17) is 27.9 Å². The van der Waals surface area contributed by atoms with Crippen molar-refractivity contribution >= 4 is 70.1 Å². The van der Waals surface area contributed by atoms with Crippen molar-refractivity contribution in [2.75, 3.05) is 23.0 Å². The maximum absolute atomic E-state index is 13.4. The highest BCUT2D eigenvalue weighted by Gasteiger charge is 2.16. The van der Waals surface area contributed by atoms with E-state index in [2.05, 4.69) is 16.0 Å². The lowest BCUT2D eigenvalue weighted by Crippen LogP contribution is -2.30. The molecule has 0 saturated carbocycles. The molecule has 3 N–H and O–H groups in total. The van der Waals surface area contributed by atoms with Crippen LogP contribution in [0.5, 0.6) is 5.75 Å². The summed E-state index contributed by atoms with van der Waals surface area (Å²) in [6.45, 7) is 2.43. The molecule has 0 aliphatic rings. The standard InChI is InChI=1S/C32H27Cl2N3O4S/c1-2-41-25-14-11-21(12-15-25)17-29(37-31(39)22-7-4-3-5-8-22)32(40)35-24-9-6-10-26(19-24)42-20-30(38)36-28-16-13-23(33)18-27(28)34/h3-19H,2,20H2,1H3,(H,35,40)(H,36,38)(H,37,39)/b29-17+. The molecule has 0 spiro atoms. The predicted molar refractivity (Wildman–Crippen MR) is 170 cm³/mol. The van der Waals surface area contributed by atoms with Crippen LogP contribution < -0.4 is 20.7 Å². The van der Waals surface area contributed by atoms with E-state index in [9.17, 15) is 14.4 Å². The minimum Gasteiger partial charge on any atom is -0.494 e. The Hall–Kier alpha value is -4.24. The average Bonchev–Trinajstić information content (AvgIpc) is 2.99. The molecule has 4 aromatic rings. The zero-order valence-corrected chi connectivity index (χ0v) is 24.9. The molecule has 42 heavy (non-hydrogen) atoms. The smallest absolute Gasteiger partial charge is 0.272 e. The van der Waals surface area contributed by atoms with Gasteiger partial charge < -0.3 is 20.7 Å². The van der Waals surface area contributed by atoms with Crippen molar-refractivity contribution in [2.24, 2.45) is 0 Å². The van der Waals surface area contributed by atoms with Crippen molar-refractivity contribution in [3.05, 3.63) is 124 Å². The van der Waals surface area contributed by atoms with Gasteiger partial charge in [-0.25, -0.2) is 0 Å². The zero-order chi connectivity index (χ0) is 29.9. The fourth-order valence-corrected chi connectivity index (χ4v) is 4.93. The quantitative estimate of drug-likeness (QED) is 0.119. The molecule has 10 heteroatoms. The summed E-state index contributed by atoms with van der Waals surface area (Å²) in [4.78, 5) is 39.5. The number of thioether (sulfide) groups is 1. The van der Waals surface area contributed by atoms with E-state index >= 15 is 0 Å². The Labute approximate surface area is 258 Å². The second-order valence-electron chi connectivity index (χ2n) is 8.82. The van der Waals surface area contributed by atoms with E-state index in [-0.39, 0.29) is 17.4 Å². The molecule has 0 heterocycles. The summed E-state index contributed by atoms with van der Waals surface area (Å²) in [7, 11) is 0. The maximum Gasteiger partial charge on any atom is 0.272 e. The molecule has 0 unspecified atom stereocenters. The normalized spacial score (nSPS) is 11.0. The number of hydrogen-bond acceptors (Lipinski definition) is 5. The molecule has 0 aliphatic carbocycles. The third-order valence-corrected chi connectivity index (χ3v) is 7.24. The van der Waals surface area contributed by atoms with Gasteiger partial charge in [0.25, 0.3) is 11.8 Å². The Morgan fingerprint density at radius 3 is 2.33 bits per heavy atom. The zero-order valence-electron chi connectivity index (χ0n) is 22.5. The molecule has 7 nitrogen and oxygen atoms in total. The van der Waals surface area contributed by atoms with Crippen molar-refractivity contribution < 1.29 is 19.1 Å². The molecule has 0 bridgehead atoms. The van der Waals surface area contributed by atoms with Gasteiger partial charge in [-0.3, -0.25) is 14.4 Å². The van der Waals surface area contributed by atoms with E-state index in [0.717, 1.165) is 4.90 Å². The number of nitrogens with one attached hydrogen (secondary N) is 3. The number of anilines is 2. The number of halogens is 2. The van der Waals surface area contributed by atoms with Gasteiger partial charge >= 0.3 is 0 Å². The second-order valence-corrected chi connectivity index (χ2v) is 10.7. The van der Waals surface area contributed by atoms with Crippen LogP contribution in [0.25, 0.3) is 6.08 Å². The number of amides is 3. The first-order chi connectivity index (χ1) is 20.3. The highest BCUT2D eigenvalue weighted by molar-refractivity contribution is 8.00. The second kappa shape index (κ2) is 15.1. The molecule has 0 aromatic heterocycles. The van der Waals surface area contributed by atoms with Crippen LogP contribution in [0.15, 0.2) is 108 Å². The molecule has 0 atom stereocenters. The molecular weight excluding hydrogens is 593 g/mol. The topological polar surface area (TPSA) is 96.5 Å². The summed E-state index contributed by atoms with van der Waals surface area (Å²) in [5, 5.41) is 9.15. The van der Waals surface area contributed by atoms with Gasteiger partial charge in [-0.2, -0.15) is 0 Å². The minimum atomic E-state index is -0.509. The molecule has 0 fully saturated rings. The minimum absolute atomic E-state index is 0.0605. The van der Waals surface area contributed by atoms with Crippen LogP contribution >= 0.6 is 35.0 Å². The van der Waals surface area contributed by atoms with Gasteiger partial charge in [0.15, 0.2) is 0 Å². The number of hydrogen-bond donors (Lipinski definition) is 3. The van der Waals surface area contributed by atoms with Crippen molar-refractivity contribution in [1.82, 2.24) is 5.32 Å². The Kier molecular flexibility index (Phi) is 11.1. The Bertz CT molecular complexity index is 1600. The van der Waals surface area contributed by atoms with Crippen LogP contribution in [0.2, 0.25) is 10.0 Å². The highest BCUT2D eigenvalue weighted by atomic mass is 35.5. The first-order valence-corrected chi connectivity index (χ1v) is 14.6. The van der Waals surface area contributed by atoms with E-state index in [1.54, 1.807) is 91.0 Å². The Balaban J connectivity index is 1.45. The molecule has 0 radical (unpaired) electrons. The summed E-state index contributed by atoms with van der Waals surface area (Å²) in [5.74, 6) is -0.354. The van der Waals surface area contributed by atoms with Crippen LogP contribution in [-0.4, -0.2) is 30.1 Å². The fourth-order valence-electron chi connectivity index (χ4n) is 3.72. The first-order valence-electron chi connectivity index (χ1n) is 12.9. The van der Waals surface area contributed by atoms with Gasteiger partial charge in [0.1, 0.15) is 11.4 Å². The lowest BCUT2D eigenvalue weighted by Gasteiger charge is -2.12. The SMILES string of the molecule is CCOc1ccc(/C=C(/NC(=O)c2ccccc2)C(=O)Nc2cccc(SCC(=O)Nc3ccc(Cl)cc3Cl)c2)cc1. The Morgan fingerprint density at radius 1 is 0.857 bits per heavy atom. The monoisotopic (exact) mass is 619 g/mol. The summed E-state index contributed by atoms with van der Waals surface area (Å²) < 4.78 is 5.49. The molecule has 214 valence electrons. The number of rotatable bonds is 11. The molecule has 3 amide bonds. The number of benzene rings is 4. The van der Waals surface area contributed by atoms with Crippen molar-refractivity contribution in [1.29, 1.82) is 0 Å². The van der Waals surface area contributed by atoms with E-state index in [0.29, 0.717) is 44.9 Å². The van der Waals surface area contributed by atoms with Gasteiger partial charge in [-0.1, -0.05) is 59.6 Å². The van der Waals surface area contributed by atoms with Crippen LogP contribution in [-0.2, 0) is 9.59 Å². The highest BCUT2D eigenvalue weighted by Crippen LogP contribution is 2.27. The van der Waals surface area contributed by atoms with Crippen LogP contribution in [0.1, 0.15) is 22.8 Å². The summed E-state index contributed by atoms with van der Waals surface area (Å²) in [6.07, 6.45) is 1.59. The average molecular weight is 621 g/mol. The van der Waals surface area contributed by atoms with Crippen molar-refractivity contribution in [2.45, 2.75) is 11.8 Å². The van der Waals surface area contributed by atoms with Crippen LogP contribution in [0.3, 0.4) is 0 Å². The number of carbonyl (C=O) groups is 3. The van der Waals surface area contributed by atoms with E-state index in [1.807, 2.05) is 19.1 Å². The van der Waals surface area contributed by atoms with Gasteiger partial charge in [0, 0.05) is 21.2 Å².